The van der Waals surface area contributed by atoms with Crippen molar-refractivity contribution in [2.45, 2.75) is 13.0 Å². The fourth-order valence-corrected chi connectivity index (χ4v) is 3.93. The van der Waals surface area contributed by atoms with Gasteiger partial charge in [0.1, 0.15) is 6.04 Å². The highest BCUT2D eigenvalue weighted by Gasteiger charge is 2.33. The fraction of sp³-hybridized carbons (Fsp3) is 0.118. The summed E-state index contributed by atoms with van der Waals surface area (Å²) in [5.74, 6) is 0.572. The molecule has 0 spiro atoms. The number of primary amides is 1. The van der Waals surface area contributed by atoms with Crippen molar-refractivity contribution in [3.05, 3.63) is 62.6 Å². The Morgan fingerprint density at radius 1 is 1.31 bits per heavy atom. The normalized spacial score (nSPS) is 16.3. The molecule has 6 nitrogen and oxygen atoms in total. The van der Waals surface area contributed by atoms with Gasteiger partial charge >= 0.3 is 0 Å². The third-order valence-corrected chi connectivity index (χ3v) is 5.72. The van der Waals surface area contributed by atoms with E-state index in [0.717, 1.165) is 10.4 Å². The summed E-state index contributed by atoms with van der Waals surface area (Å²) in [7, 11) is 0. The van der Waals surface area contributed by atoms with Crippen LogP contribution in [0.15, 0.2) is 47.0 Å². The van der Waals surface area contributed by atoms with E-state index in [0.29, 0.717) is 33.1 Å². The van der Waals surface area contributed by atoms with Gasteiger partial charge in [-0.25, -0.2) is 4.68 Å². The third kappa shape index (κ3) is 2.78. The maximum absolute atomic E-state index is 12.2. The van der Waals surface area contributed by atoms with Gasteiger partial charge in [0.05, 0.1) is 20.5 Å². The van der Waals surface area contributed by atoms with E-state index in [-0.39, 0.29) is 0 Å². The number of hydrogen-bond donors (Lipinski definition) is 2. The molecule has 3 aromatic rings. The maximum Gasteiger partial charge on any atom is 0.248 e. The fourth-order valence-electron chi connectivity index (χ4n) is 2.97. The first kappa shape index (κ1) is 17.1. The van der Waals surface area contributed by atoms with Crippen molar-refractivity contribution in [3.63, 3.8) is 0 Å². The lowest BCUT2D eigenvalue weighted by atomic mass is 9.95. The number of thiophene rings is 1. The summed E-state index contributed by atoms with van der Waals surface area (Å²) in [6, 6.07) is 8.53. The quantitative estimate of drug-likeness (QED) is 0.686. The van der Waals surface area contributed by atoms with E-state index in [1.807, 2.05) is 17.5 Å². The number of rotatable bonds is 3. The van der Waals surface area contributed by atoms with E-state index >= 15 is 0 Å². The highest BCUT2D eigenvalue weighted by atomic mass is 35.5. The number of benzene rings is 1. The van der Waals surface area contributed by atoms with Crippen molar-refractivity contribution in [3.8, 4) is 10.7 Å². The molecule has 1 atom stereocenters. The van der Waals surface area contributed by atoms with Crippen LogP contribution in [0.5, 0.6) is 0 Å². The molecule has 1 aromatic carbocycles. The van der Waals surface area contributed by atoms with Crippen LogP contribution in [0.2, 0.25) is 10.0 Å². The molecule has 2 aromatic heterocycles. The van der Waals surface area contributed by atoms with Crippen molar-refractivity contribution < 1.29 is 4.79 Å². The molecule has 1 unspecified atom stereocenters. The average Bonchev–Trinajstić information content (AvgIpc) is 3.24. The van der Waals surface area contributed by atoms with Crippen LogP contribution in [-0.2, 0) is 4.79 Å². The van der Waals surface area contributed by atoms with Crippen LogP contribution in [0.25, 0.3) is 10.7 Å². The molecule has 132 valence electrons. The summed E-state index contributed by atoms with van der Waals surface area (Å²) in [6.07, 6.45) is 0. The van der Waals surface area contributed by atoms with Gasteiger partial charge in [0.2, 0.25) is 11.9 Å². The predicted octanol–water partition coefficient (Wildman–Crippen LogP) is 4.09. The van der Waals surface area contributed by atoms with Gasteiger partial charge in [0, 0.05) is 5.70 Å². The van der Waals surface area contributed by atoms with E-state index < -0.39 is 11.9 Å². The second-order valence-electron chi connectivity index (χ2n) is 5.78. The number of fused-ring (bicyclic) bond motifs is 1. The molecule has 3 heterocycles. The number of amides is 1. The largest absolute Gasteiger partial charge is 0.366 e. The Bertz CT molecular complexity index is 1040. The minimum absolute atomic E-state index is 0.393. The molecule has 1 amide bonds. The predicted molar refractivity (Wildman–Crippen MR) is 103 cm³/mol. The lowest BCUT2D eigenvalue weighted by molar-refractivity contribution is -0.115. The Kier molecular flexibility index (Phi) is 4.22. The number of nitrogens with zero attached hydrogens (tertiary/aromatic N) is 3. The van der Waals surface area contributed by atoms with Crippen molar-refractivity contribution in [2.75, 3.05) is 5.32 Å². The van der Waals surface area contributed by atoms with Crippen LogP contribution >= 0.6 is 34.5 Å². The highest BCUT2D eigenvalue weighted by Crippen LogP contribution is 2.38. The van der Waals surface area contributed by atoms with Crippen LogP contribution in [0.1, 0.15) is 18.5 Å². The molecular formula is C17H13Cl2N5OS. The molecular weight excluding hydrogens is 393 g/mol. The molecule has 1 aliphatic heterocycles. The van der Waals surface area contributed by atoms with Crippen LogP contribution in [-0.4, -0.2) is 20.7 Å². The van der Waals surface area contributed by atoms with Gasteiger partial charge in [-0.3, -0.25) is 4.79 Å². The number of carbonyl (C=O) groups excluding carboxylic acids is 1. The smallest absolute Gasteiger partial charge is 0.248 e. The average molecular weight is 406 g/mol. The van der Waals surface area contributed by atoms with Crippen molar-refractivity contribution in [1.82, 2.24) is 14.8 Å². The number of hydrogen-bond acceptors (Lipinski definition) is 5. The lowest BCUT2D eigenvalue weighted by Gasteiger charge is -2.27. The van der Waals surface area contributed by atoms with Crippen molar-refractivity contribution in [1.29, 1.82) is 0 Å². The van der Waals surface area contributed by atoms with E-state index in [1.54, 1.807) is 29.8 Å². The molecule has 0 radical (unpaired) electrons. The molecule has 9 heteroatoms. The zero-order chi connectivity index (χ0) is 18.4. The minimum atomic E-state index is -0.542. The zero-order valence-corrected chi connectivity index (χ0v) is 15.9. The minimum Gasteiger partial charge on any atom is -0.366 e. The number of nitrogens with one attached hydrogen (secondary N) is 1. The monoisotopic (exact) mass is 405 g/mol. The van der Waals surface area contributed by atoms with Gasteiger partial charge in [0.25, 0.3) is 0 Å². The van der Waals surface area contributed by atoms with Gasteiger partial charge in [-0.2, -0.15) is 4.98 Å². The van der Waals surface area contributed by atoms with E-state index in [4.69, 9.17) is 28.9 Å². The van der Waals surface area contributed by atoms with Gasteiger partial charge in [-0.05, 0) is 36.1 Å². The van der Waals surface area contributed by atoms with E-state index in [1.165, 1.54) is 11.3 Å². The summed E-state index contributed by atoms with van der Waals surface area (Å²) >= 11 is 13.8. The van der Waals surface area contributed by atoms with Gasteiger partial charge in [0.15, 0.2) is 5.82 Å². The van der Waals surface area contributed by atoms with E-state index in [2.05, 4.69) is 15.4 Å². The molecule has 26 heavy (non-hydrogen) atoms. The number of halogens is 2. The molecule has 4 rings (SSSR count). The van der Waals surface area contributed by atoms with Crippen molar-refractivity contribution >= 4 is 46.4 Å². The van der Waals surface area contributed by atoms with E-state index in [9.17, 15) is 4.79 Å². The van der Waals surface area contributed by atoms with Crippen LogP contribution < -0.4 is 11.1 Å². The Hall–Kier alpha value is -2.35. The molecule has 1 aliphatic rings. The number of carbonyl (C=O) groups is 1. The number of nitrogens with two attached hydrogens (primary N) is 1. The second-order valence-corrected chi connectivity index (χ2v) is 7.55. The number of aromatic nitrogens is 3. The molecule has 0 saturated heterocycles. The standard InChI is InChI=1S/C17H13Cl2N5OS/c1-8-13(15(20)25)14(9-4-5-10(18)11(19)7-9)24-17(21-8)22-16(23-24)12-3-2-6-26-12/h2-7,14H,1H3,(H2,20,25)(H,21,22,23). The SMILES string of the molecule is CC1=C(C(N)=O)C(c2ccc(Cl)c(Cl)c2)n2nc(-c3cccs3)nc2N1. The van der Waals surface area contributed by atoms with Crippen LogP contribution in [0, 0.1) is 0 Å². The van der Waals surface area contributed by atoms with Crippen LogP contribution in [0.4, 0.5) is 5.95 Å². The van der Waals surface area contributed by atoms with Gasteiger partial charge in [-0.1, -0.05) is 35.3 Å². The van der Waals surface area contributed by atoms with Gasteiger partial charge in [-0.15, -0.1) is 16.4 Å². The molecule has 0 bridgehead atoms. The Labute approximate surface area is 163 Å². The molecule has 0 saturated carbocycles. The molecule has 3 N–H and O–H groups in total. The zero-order valence-electron chi connectivity index (χ0n) is 13.5. The molecule has 0 aliphatic carbocycles. The summed E-state index contributed by atoms with van der Waals surface area (Å²) in [6.45, 7) is 1.79. The van der Waals surface area contributed by atoms with Crippen LogP contribution in [0.3, 0.4) is 0 Å². The Morgan fingerprint density at radius 3 is 2.77 bits per heavy atom. The van der Waals surface area contributed by atoms with Gasteiger partial charge < -0.3 is 11.1 Å². The first-order valence-corrected chi connectivity index (χ1v) is 9.32. The number of allylic oxidation sites excluding steroid dienone is 1. The topological polar surface area (TPSA) is 85.8 Å². The third-order valence-electron chi connectivity index (χ3n) is 4.12. The van der Waals surface area contributed by atoms with Crippen molar-refractivity contribution in [2.24, 2.45) is 5.73 Å². The highest BCUT2D eigenvalue weighted by molar-refractivity contribution is 7.13. The summed E-state index contributed by atoms with van der Waals surface area (Å²) in [5.41, 5.74) is 7.44. The number of anilines is 1. The molecule has 0 fully saturated rings. The Morgan fingerprint density at radius 2 is 2.12 bits per heavy atom. The Balaban J connectivity index is 1.91. The first-order valence-electron chi connectivity index (χ1n) is 7.68. The first-order chi connectivity index (χ1) is 12.5. The lowest BCUT2D eigenvalue weighted by Crippen LogP contribution is -2.31. The summed E-state index contributed by atoms with van der Waals surface area (Å²) in [4.78, 5) is 17.6. The maximum atomic E-state index is 12.2. The summed E-state index contributed by atoms with van der Waals surface area (Å²) in [5, 5.41) is 10.5. The second kappa shape index (κ2) is 6.42. The summed E-state index contributed by atoms with van der Waals surface area (Å²) < 4.78 is 1.65.